The highest BCUT2D eigenvalue weighted by molar-refractivity contribution is 6.18. The Kier molecular flexibility index (Phi) is 2.99. The highest BCUT2D eigenvalue weighted by atomic mass is 16.5. The van der Waals surface area contributed by atoms with Crippen LogP contribution >= 0.6 is 0 Å². The van der Waals surface area contributed by atoms with Crippen LogP contribution < -0.4 is 5.73 Å². The molecule has 7 heteroatoms. The Morgan fingerprint density at radius 2 is 2.35 bits per heavy atom. The lowest BCUT2D eigenvalue weighted by atomic mass is 10.2. The normalized spacial score (nSPS) is 11.7. The molecule has 0 aromatic carbocycles. The zero-order chi connectivity index (χ0) is 12.3. The van der Waals surface area contributed by atoms with E-state index < -0.39 is 5.97 Å². The molecule has 0 fully saturated rings. The minimum Gasteiger partial charge on any atom is -0.462 e. The van der Waals surface area contributed by atoms with Crippen LogP contribution in [0.2, 0.25) is 0 Å². The summed E-state index contributed by atoms with van der Waals surface area (Å²) in [7, 11) is 0. The van der Waals surface area contributed by atoms with E-state index in [4.69, 9.17) is 10.5 Å². The van der Waals surface area contributed by atoms with Crippen molar-refractivity contribution >= 4 is 22.7 Å². The second-order valence-electron chi connectivity index (χ2n) is 3.12. The number of hydrogen-bond acceptors (Lipinski definition) is 6. The average molecular weight is 233 g/mol. The lowest BCUT2D eigenvalue weighted by Crippen LogP contribution is -2.10. The van der Waals surface area contributed by atoms with Crippen molar-refractivity contribution < 1.29 is 9.53 Å². The fourth-order valence-corrected chi connectivity index (χ4v) is 1.42. The molecular formula is C10H11N5O2. The number of carbonyl (C=O) groups is 1. The first-order valence-electron chi connectivity index (χ1n) is 5.01. The van der Waals surface area contributed by atoms with Crippen LogP contribution in [0.5, 0.6) is 0 Å². The predicted molar refractivity (Wildman–Crippen MR) is 60.5 cm³/mol. The van der Waals surface area contributed by atoms with Gasteiger partial charge in [-0.15, -0.1) is 0 Å². The van der Waals surface area contributed by atoms with E-state index in [2.05, 4.69) is 19.9 Å². The van der Waals surface area contributed by atoms with Gasteiger partial charge in [0.15, 0.2) is 5.65 Å². The van der Waals surface area contributed by atoms with Crippen LogP contribution in [-0.4, -0.2) is 32.5 Å². The van der Waals surface area contributed by atoms with Gasteiger partial charge in [-0.3, -0.25) is 0 Å². The number of nitrogens with zero attached hydrogens (tertiary/aromatic N) is 3. The number of fused-ring (bicyclic) bond motifs is 1. The molecule has 17 heavy (non-hydrogen) atoms. The van der Waals surface area contributed by atoms with Gasteiger partial charge in [0.25, 0.3) is 0 Å². The summed E-state index contributed by atoms with van der Waals surface area (Å²) >= 11 is 0. The van der Waals surface area contributed by atoms with Crippen LogP contribution in [0.3, 0.4) is 0 Å². The van der Waals surface area contributed by atoms with E-state index in [1.165, 1.54) is 18.9 Å². The minimum absolute atomic E-state index is 0.184. The fraction of sp³-hybridized carbons (Fsp3) is 0.200. The smallest absolute Gasteiger partial charge is 0.341 e. The minimum atomic E-state index is -0.524. The number of hydrogen-bond donors (Lipinski definition) is 2. The van der Waals surface area contributed by atoms with Crippen LogP contribution in [0, 0.1) is 0 Å². The van der Waals surface area contributed by atoms with Crippen LogP contribution in [0.4, 0.5) is 0 Å². The summed E-state index contributed by atoms with van der Waals surface area (Å²) in [5.41, 5.74) is 7.03. The third-order valence-corrected chi connectivity index (χ3v) is 2.14. The maximum absolute atomic E-state index is 11.7. The molecule has 2 heterocycles. The van der Waals surface area contributed by atoms with E-state index in [1.54, 1.807) is 6.92 Å². The first-order chi connectivity index (χ1) is 8.27. The van der Waals surface area contributed by atoms with Gasteiger partial charge in [-0.05, 0) is 6.92 Å². The number of carbonyl (C=O) groups excluding carboxylic acids is 1. The van der Waals surface area contributed by atoms with Gasteiger partial charge in [-0.2, -0.15) is 0 Å². The Labute approximate surface area is 96.7 Å². The summed E-state index contributed by atoms with van der Waals surface area (Å²) in [6, 6.07) is 0. The molecule has 0 radical (unpaired) electrons. The van der Waals surface area contributed by atoms with E-state index >= 15 is 0 Å². The summed E-state index contributed by atoms with van der Waals surface area (Å²) in [5, 5.41) is 0. The van der Waals surface area contributed by atoms with Crippen molar-refractivity contribution in [2.24, 2.45) is 5.73 Å². The molecular weight excluding hydrogens is 222 g/mol. The summed E-state index contributed by atoms with van der Waals surface area (Å²) < 4.78 is 4.89. The topological polar surface area (TPSA) is 107 Å². The Morgan fingerprint density at radius 3 is 3.06 bits per heavy atom. The number of nitrogens with two attached hydrogens (primary N) is 1. The molecule has 0 atom stereocenters. The second-order valence-corrected chi connectivity index (χ2v) is 3.12. The van der Waals surface area contributed by atoms with Crippen molar-refractivity contribution in [3.63, 3.8) is 0 Å². The number of aromatic nitrogens is 4. The first kappa shape index (κ1) is 11.1. The molecule has 88 valence electrons. The Hall–Kier alpha value is -2.44. The van der Waals surface area contributed by atoms with Crippen molar-refractivity contribution in [3.05, 3.63) is 24.5 Å². The Morgan fingerprint density at radius 1 is 1.53 bits per heavy atom. The van der Waals surface area contributed by atoms with Crippen LogP contribution in [0.15, 0.2) is 18.9 Å². The van der Waals surface area contributed by atoms with Gasteiger partial charge >= 0.3 is 5.97 Å². The average Bonchev–Trinajstić information content (AvgIpc) is 2.79. The molecule has 0 bridgehead atoms. The molecule has 0 amide bonds. The number of esters is 1. The van der Waals surface area contributed by atoms with Gasteiger partial charge in [0, 0.05) is 6.20 Å². The standard InChI is InChI=1S/C10H11N5O2/c1-2-17-10(16)6(3-11)7-8-9(14-4-12-7)15-5-13-8/h3-5H,2,11H2,1H3,(H,12,13,14,15)/b6-3+. The maximum atomic E-state index is 11.7. The van der Waals surface area contributed by atoms with E-state index in [0.717, 1.165) is 0 Å². The molecule has 2 aromatic rings. The van der Waals surface area contributed by atoms with Crippen molar-refractivity contribution in [2.75, 3.05) is 6.61 Å². The van der Waals surface area contributed by atoms with Crippen molar-refractivity contribution in [3.8, 4) is 0 Å². The van der Waals surface area contributed by atoms with Gasteiger partial charge in [0.2, 0.25) is 0 Å². The molecule has 0 saturated heterocycles. The quantitative estimate of drug-likeness (QED) is 0.580. The molecule has 0 aliphatic heterocycles. The number of H-pyrrole nitrogens is 1. The molecule has 2 rings (SSSR count). The third-order valence-electron chi connectivity index (χ3n) is 2.14. The number of ether oxygens (including phenoxy) is 1. The van der Waals surface area contributed by atoms with E-state index in [9.17, 15) is 4.79 Å². The van der Waals surface area contributed by atoms with E-state index in [0.29, 0.717) is 16.9 Å². The molecule has 0 unspecified atom stereocenters. The third kappa shape index (κ3) is 1.94. The zero-order valence-corrected chi connectivity index (χ0v) is 9.17. The largest absolute Gasteiger partial charge is 0.462 e. The maximum Gasteiger partial charge on any atom is 0.341 e. The SMILES string of the molecule is CCOC(=O)/C(=C/N)c1ncnc2nc[nH]c12. The number of imidazole rings is 1. The van der Waals surface area contributed by atoms with E-state index in [-0.39, 0.29) is 12.2 Å². The zero-order valence-electron chi connectivity index (χ0n) is 9.17. The fourth-order valence-electron chi connectivity index (χ4n) is 1.42. The summed E-state index contributed by atoms with van der Waals surface area (Å²) in [6.07, 6.45) is 3.96. The molecule has 0 aliphatic carbocycles. The predicted octanol–water partition coefficient (Wildman–Crippen LogP) is 0.216. The summed E-state index contributed by atoms with van der Waals surface area (Å²) in [5.74, 6) is -0.524. The van der Waals surface area contributed by atoms with Gasteiger partial charge in [-0.25, -0.2) is 19.7 Å². The molecule has 0 saturated carbocycles. The summed E-state index contributed by atoms with van der Waals surface area (Å²) in [4.78, 5) is 26.5. The monoisotopic (exact) mass is 233 g/mol. The van der Waals surface area contributed by atoms with E-state index in [1.807, 2.05) is 0 Å². The molecule has 0 spiro atoms. The molecule has 7 nitrogen and oxygen atoms in total. The van der Waals surface area contributed by atoms with Crippen molar-refractivity contribution in [1.82, 2.24) is 19.9 Å². The second kappa shape index (κ2) is 4.60. The number of aromatic amines is 1. The number of nitrogens with one attached hydrogen (secondary N) is 1. The van der Waals surface area contributed by atoms with Gasteiger partial charge in [0.1, 0.15) is 23.1 Å². The molecule has 0 aliphatic rings. The van der Waals surface area contributed by atoms with Crippen molar-refractivity contribution in [2.45, 2.75) is 6.92 Å². The lowest BCUT2D eigenvalue weighted by molar-refractivity contribution is -0.136. The Bertz CT molecular complexity index is 575. The van der Waals surface area contributed by atoms with Crippen LogP contribution in [-0.2, 0) is 9.53 Å². The van der Waals surface area contributed by atoms with Crippen LogP contribution in [0.25, 0.3) is 16.7 Å². The van der Waals surface area contributed by atoms with Gasteiger partial charge < -0.3 is 15.5 Å². The highest BCUT2D eigenvalue weighted by Gasteiger charge is 2.18. The summed E-state index contributed by atoms with van der Waals surface area (Å²) in [6.45, 7) is 1.99. The number of rotatable bonds is 3. The van der Waals surface area contributed by atoms with Crippen molar-refractivity contribution in [1.29, 1.82) is 0 Å². The first-order valence-corrected chi connectivity index (χ1v) is 5.01. The molecule has 3 N–H and O–H groups in total. The highest BCUT2D eigenvalue weighted by Crippen LogP contribution is 2.19. The molecule has 2 aromatic heterocycles. The van der Waals surface area contributed by atoms with Crippen LogP contribution in [0.1, 0.15) is 12.6 Å². The Balaban J connectivity index is 2.51. The van der Waals surface area contributed by atoms with Gasteiger partial charge in [-0.1, -0.05) is 0 Å². The lowest BCUT2D eigenvalue weighted by Gasteiger charge is -2.05. The van der Waals surface area contributed by atoms with Gasteiger partial charge in [0.05, 0.1) is 12.9 Å².